The van der Waals surface area contributed by atoms with Gasteiger partial charge in [0, 0.05) is 17.1 Å². The normalized spacial score (nSPS) is 13.4. The first-order valence-corrected chi connectivity index (χ1v) is 6.37. The van der Waals surface area contributed by atoms with E-state index in [1.54, 1.807) is 0 Å². The van der Waals surface area contributed by atoms with E-state index in [1.807, 2.05) is 12.1 Å². The molecule has 0 amide bonds. The van der Waals surface area contributed by atoms with Gasteiger partial charge in [0.2, 0.25) is 0 Å². The number of hydrogen-bond donors (Lipinski definition) is 1. The Morgan fingerprint density at radius 1 is 1.06 bits per heavy atom. The summed E-state index contributed by atoms with van der Waals surface area (Å²) in [7, 11) is 0. The molecule has 0 aliphatic heterocycles. The van der Waals surface area contributed by atoms with Crippen molar-refractivity contribution in [3.05, 3.63) is 34.9 Å². The first-order chi connectivity index (χ1) is 7.49. The van der Waals surface area contributed by atoms with Crippen LogP contribution in [0.1, 0.15) is 33.3 Å². The van der Waals surface area contributed by atoms with Gasteiger partial charge in [-0.15, -0.1) is 0 Å². The minimum absolute atomic E-state index is 0.528. The predicted octanol–water partition coefficient (Wildman–Crippen LogP) is 3.91. The van der Waals surface area contributed by atoms with Crippen molar-refractivity contribution in [3.8, 4) is 0 Å². The summed E-state index contributed by atoms with van der Waals surface area (Å²) in [6, 6.07) is 9.20. The molecule has 0 radical (unpaired) electrons. The highest BCUT2D eigenvalue weighted by atomic mass is 35.5. The fourth-order valence-corrected chi connectivity index (χ4v) is 1.92. The molecule has 0 fully saturated rings. The Bertz CT molecular complexity index is 303. The monoisotopic (exact) mass is 239 g/mol. The molecule has 0 aliphatic carbocycles. The van der Waals surface area contributed by atoms with Gasteiger partial charge >= 0.3 is 0 Å². The Labute approximate surface area is 104 Å². The third-order valence-corrected chi connectivity index (χ3v) is 2.97. The van der Waals surface area contributed by atoms with Crippen LogP contribution in [0.4, 0.5) is 0 Å². The van der Waals surface area contributed by atoms with E-state index in [1.165, 1.54) is 5.56 Å². The van der Waals surface area contributed by atoms with E-state index in [2.05, 4.69) is 45.1 Å². The fraction of sp³-hybridized carbons (Fsp3) is 0.571. The molecule has 1 nitrogen and oxygen atoms in total. The third kappa shape index (κ3) is 4.54. The van der Waals surface area contributed by atoms with E-state index in [0.717, 1.165) is 11.4 Å². The molecule has 0 spiro atoms. The summed E-state index contributed by atoms with van der Waals surface area (Å²) in [5, 5.41) is 4.42. The SMILES string of the molecule is CC(C)NC(Cc1ccc(Cl)cc1)C(C)C. The standard InChI is InChI=1S/C14H22ClN/c1-10(2)14(16-11(3)4)9-12-5-7-13(15)8-6-12/h5-8,10-11,14,16H,9H2,1-4H3. The molecule has 1 aromatic rings. The van der Waals surface area contributed by atoms with Crippen molar-refractivity contribution in [1.82, 2.24) is 5.32 Å². The van der Waals surface area contributed by atoms with Gasteiger partial charge in [-0.25, -0.2) is 0 Å². The minimum Gasteiger partial charge on any atom is -0.311 e. The summed E-state index contributed by atoms with van der Waals surface area (Å²) in [4.78, 5) is 0. The molecule has 0 aliphatic rings. The first-order valence-electron chi connectivity index (χ1n) is 5.99. The maximum atomic E-state index is 5.88. The largest absolute Gasteiger partial charge is 0.311 e. The molecule has 1 unspecified atom stereocenters. The van der Waals surface area contributed by atoms with Crippen LogP contribution in [0.5, 0.6) is 0 Å². The van der Waals surface area contributed by atoms with E-state index < -0.39 is 0 Å². The van der Waals surface area contributed by atoms with Gasteiger partial charge in [0.1, 0.15) is 0 Å². The van der Waals surface area contributed by atoms with Crippen molar-refractivity contribution in [3.63, 3.8) is 0 Å². The highest BCUT2D eigenvalue weighted by Gasteiger charge is 2.14. The fourth-order valence-electron chi connectivity index (χ4n) is 1.79. The Hall–Kier alpha value is -0.530. The number of benzene rings is 1. The summed E-state index contributed by atoms with van der Waals surface area (Å²) < 4.78 is 0. The number of rotatable bonds is 5. The van der Waals surface area contributed by atoms with Gasteiger partial charge in [-0.1, -0.05) is 51.4 Å². The van der Waals surface area contributed by atoms with Gasteiger partial charge in [0.15, 0.2) is 0 Å². The zero-order chi connectivity index (χ0) is 12.1. The van der Waals surface area contributed by atoms with Gasteiger partial charge in [-0.2, -0.15) is 0 Å². The molecule has 90 valence electrons. The second-order valence-electron chi connectivity index (χ2n) is 5.00. The lowest BCUT2D eigenvalue weighted by atomic mass is 9.96. The molecule has 0 heterocycles. The Balaban J connectivity index is 2.64. The van der Waals surface area contributed by atoms with Crippen LogP contribution < -0.4 is 5.32 Å². The smallest absolute Gasteiger partial charge is 0.0406 e. The van der Waals surface area contributed by atoms with Crippen LogP contribution in [0.2, 0.25) is 5.02 Å². The molecule has 2 heteroatoms. The summed E-state index contributed by atoms with van der Waals surface area (Å²) in [6.45, 7) is 8.90. The lowest BCUT2D eigenvalue weighted by molar-refractivity contribution is 0.368. The predicted molar refractivity (Wildman–Crippen MR) is 72.1 cm³/mol. The molecule has 16 heavy (non-hydrogen) atoms. The second-order valence-corrected chi connectivity index (χ2v) is 5.44. The van der Waals surface area contributed by atoms with Crippen LogP contribution in [-0.4, -0.2) is 12.1 Å². The zero-order valence-electron chi connectivity index (χ0n) is 10.6. The van der Waals surface area contributed by atoms with E-state index >= 15 is 0 Å². The van der Waals surface area contributed by atoms with Crippen molar-refractivity contribution >= 4 is 11.6 Å². The van der Waals surface area contributed by atoms with Crippen LogP contribution in [0.3, 0.4) is 0 Å². The van der Waals surface area contributed by atoms with Crippen LogP contribution in [0, 0.1) is 5.92 Å². The quantitative estimate of drug-likeness (QED) is 0.822. The highest BCUT2D eigenvalue weighted by molar-refractivity contribution is 6.30. The van der Waals surface area contributed by atoms with Crippen LogP contribution in [-0.2, 0) is 6.42 Å². The molecular weight excluding hydrogens is 218 g/mol. The van der Waals surface area contributed by atoms with Crippen molar-refractivity contribution < 1.29 is 0 Å². The summed E-state index contributed by atoms with van der Waals surface area (Å²) in [6.07, 6.45) is 1.06. The minimum atomic E-state index is 0.528. The average molecular weight is 240 g/mol. The Morgan fingerprint density at radius 2 is 1.62 bits per heavy atom. The van der Waals surface area contributed by atoms with E-state index in [-0.39, 0.29) is 0 Å². The van der Waals surface area contributed by atoms with Crippen molar-refractivity contribution in [2.75, 3.05) is 0 Å². The molecular formula is C14H22ClN. The third-order valence-electron chi connectivity index (χ3n) is 2.72. The van der Waals surface area contributed by atoms with Gasteiger partial charge in [-0.3, -0.25) is 0 Å². The van der Waals surface area contributed by atoms with Gasteiger partial charge in [-0.05, 0) is 30.0 Å². The van der Waals surface area contributed by atoms with Gasteiger partial charge < -0.3 is 5.32 Å². The summed E-state index contributed by atoms with van der Waals surface area (Å²) in [5.41, 5.74) is 1.34. The van der Waals surface area contributed by atoms with Crippen molar-refractivity contribution in [1.29, 1.82) is 0 Å². The lowest BCUT2D eigenvalue weighted by Crippen LogP contribution is -2.40. The Morgan fingerprint density at radius 3 is 2.06 bits per heavy atom. The Kier molecular flexibility index (Phi) is 5.30. The molecule has 0 saturated carbocycles. The van der Waals surface area contributed by atoms with E-state index in [0.29, 0.717) is 18.0 Å². The molecule has 1 rings (SSSR count). The number of nitrogens with one attached hydrogen (secondary N) is 1. The number of hydrogen-bond acceptors (Lipinski definition) is 1. The highest BCUT2D eigenvalue weighted by Crippen LogP contribution is 2.14. The van der Waals surface area contributed by atoms with E-state index in [9.17, 15) is 0 Å². The molecule has 1 atom stereocenters. The molecule has 1 N–H and O–H groups in total. The topological polar surface area (TPSA) is 12.0 Å². The maximum absolute atomic E-state index is 5.88. The van der Waals surface area contributed by atoms with Crippen LogP contribution in [0.15, 0.2) is 24.3 Å². The van der Waals surface area contributed by atoms with Crippen molar-refractivity contribution in [2.45, 2.75) is 46.2 Å². The van der Waals surface area contributed by atoms with Crippen LogP contribution >= 0.6 is 11.6 Å². The first kappa shape index (κ1) is 13.5. The molecule has 1 aromatic carbocycles. The number of halogens is 1. The molecule has 0 aromatic heterocycles. The van der Waals surface area contributed by atoms with Gasteiger partial charge in [0.05, 0.1) is 0 Å². The summed E-state index contributed by atoms with van der Waals surface area (Å²) in [5.74, 6) is 0.637. The van der Waals surface area contributed by atoms with Crippen molar-refractivity contribution in [2.24, 2.45) is 5.92 Å². The van der Waals surface area contributed by atoms with Gasteiger partial charge in [0.25, 0.3) is 0 Å². The maximum Gasteiger partial charge on any atom is 0.0406 e. The van der Waals surface area contributed by atoms with Crippen LogP contribution in [0.25, 0.3) is 0 Å². The second kappa shape index (κ2) is 6.27. The molecule has 0 saturated heterocycles. The van der Waals surface area contributed by atoms with E-state index in [4.69, 9.17) is 11.6 Å². The zero-order valence-corrected chi connectivity index (χ0v) is 11.4. The lowest BCUT2D eigenvalue weighted by Gasteiger charge is -2.25. The average Bonchev–Trinajstić information content (AvgIpc) is 2.19. The molecule has 0 bridgehead atoms. The summed E-state index contributed by atoms with van der Waals surface area (Å²) >= 11 is 5.88.